The lowest BCUT2D eigenvalue weighted by molar-refractivity contribution is -0.130. The number of carbonyl (C=O) groups excluding carboxylic acids is 1. The standard InChI is InChI=1S/C35H32F2N6O3S/c1-6-30(44)42-17-23-16-27(40-43(23)20(3)19(42)2)34-32(31-25(37)14-22(36)15-29(31)46-11-10-45-5)35-24(9-12-47-35)33(39-34)21-7-8-28-26(13-21)38-18-41(28)4/h6-9,12-16,18-20H,1,10-11,17H2,2-5H3/t19-,20+/m0/s1. The number of hydrogen-bond acceptors (Lipinski definition) is 7. The van der Waals surface area contributed by atoms with E-state index in [0.29, 0.717) is 29.2 Å². The van der Waals surface area contributed by atoms with Crippen LogP contribution in [0.2, 0.25) is 0 Å². The molecule has 0 fully saturated rings. The second kappa shape index (κ2) is 12.0. The number of halogens is 2. The summed E-state index contributed by atoms with van der Waals surface area (Å²) in [6, 6.07) is 11.5. The van der Waals surface area contributed by atoms with Gasteiger partial charge in [0.2, 0.25) is 5.91 Å². The van der Waals surface area contributed by atoms with E-state index in [1.807, 2.05) is 65.9 Å². The zero-order valence-corrected chi connectivity index (χ0v) is 27.1. The molecule has 240 valence electrons. The lowest BCUT2D eigenvalue weighted by atomic mass is 9.96. The number of thiophene rings is 1. The van der Waals surface area contributed by atoms with E-state index < -0.39 is 11.6 Å². The third-order valence-corrected chi connectivity index (χ3v) is 9.77. The van der Waals surface area contributed by atoms with Gasteiger partial charge in [0.15, 0.2) is 0 Å². The van der Waals surface area contributed by atoms with Crippen molar-refractivity contribution in [3.8, 4) is 39.5 Å². The van der Waals surface area contributed by atoms with E-state index in [1.54, 1.807) is 11.2 Å². The molecular weight excluding hydrogens is 622 g/mol. The van der Waals surface area contributed by atoms with E-state index >= 15 is 4.39 Å². The van der Waals surface area contributed by atoms with Crippen LogP contribution in [0.1, 0.15) is 25.6 Å². The summed E-state index contributed by atoms with van der Waals surface area (Å²) in [4.78, 5) is 24.3. The first-order chi connectivity index (χ1) is 22.7. The summed E-state index contributed by atoms with van der Waals surface area (Å²) in [6.07, 6.45) is 3.07. The first-order valence-corrected chi connectivity index (χ1v) is 16.0. The lowest BCUT2D eigenvalue weighted by Crippen LogP contribution is -2.46. The van der Waals surface area contributed by atoms with Crippen LogP contribution in [0.25, 0.3) is 54.9 Å². The molecular formula is C35H32F2N6O3S. The fraction of sp³-hybridized carbons (Fsp3) is 0.257. The first-order valence-electron chi connectivity index (χ1n) is 15.2. The molecule has 47 heavy (non-hydrogen) atoms. The number of hydrogen-bond donors (Lipinski definition) is 0. The molecule has 9 nitrogen and oxygen atoms in total. The molecule has 0 unspecified atom stereocenters. The van der Waals surface area contributed by atoms with Crippen molar-refractivity contribution in [2.75, 3.05) is 20.3 Å². The van der Waals surface area contributed by atoms with Crippen LogP contribution in [0.4, 0.5) is 8.78 Å². The Morgan fingerprint density at radius 1 is 1.09 bits per heavy atom. The molecule has 0 aliphatic carbocycles. The maximum atomic E-state index is 16.1. The van der Waals surface area contributed by atoms with E-state index in [4.69, 9.17) is 19.6 Å². The van der Waals surface area contributed by atoms with Gasteiger partial charge in [-0.15, -0.1) is 11.3 Å². The predicted molar refractivity (Wildman–Crippen MR) is 178 cm³/mol. The average molecular weight is 655 g/mol. The zero-order valence-electron chi connectivity index (χ0n) is 26.3. The molecule has 0 N–H and O–H groups in total. The Morgan fingerprint density at radius 3 is 2.70 bits per heavy atom. The summed E-state index contributed by atoms with van der Waals surface area (Å²) in [5, 5.41) is 7.73. The Hall–Kier alpha value is -4.94. The highest BCUT2D eigenvalue weighted by atomic mass is 32.1. The van der Waals surface area contributed by atoms with Crippen LogP contribution >= 0.6 is 11.3 Å². The molecule has 2 aromatic carbocycles. The Labute approximate surface area is 273 Å². The van der Waals surface area contributed by atoms with E-state index in [1.165, 1.54) is 30.6 Å². The number of amides is 1. The van der Waals surface area contributed by atoms with Gasteiger partial charge >= 0.3 is 0 Å². The number of benzene rings is 2. The van der Waals surface area contributed by atoms with Gasteiger partial charge in [0, 0.05) is 47.5 Å². The van der Waals surface area contributed by atoms with E-state index in [0.717, 1.165) is 38.4 Å². The molecule has 1 aliphatic rings. The van der Waals surface area contributed by atoms with Crippen LogP contribution in [0.3, 0.4) is 0 Å². The van der Waals surface area contributed by atoms with Crippen molar-refractivity contribution in [1.82, 2.24) is 29.2 Å². The minimum Gasteiger partial charge on any atom is -0.490 e. The number of rotatable bonds is 8. The number of imidazole rings is 1. The number of methoxy groups -OCH3 is 1. The zero-order chi connectivity index (χ0) is 33.0. The maximum Gasteiger partial charge on any atom is 0.246 e. The van der Waals surface area contributed by atoms with E-state index in [2.05, 4.69) is 11.6 Å². The first kappa shape index (κ1) is 30.7. The number of fused-ring (bicyclic) bond motifs is 3. The average Bonchev–Trinajstić information content (AvgIpc) is 3.81. The van der Waals surface area contributed by atoms with Crippen molar-refractivity contribution in [3.05, 3.63) is 84.2 Å². The van der Waals surface area contributed by atoms with Crippen molar-refractivity contribution in [2.45, 2.75) is 32.5 Å². The maximum absolute atomic E-state index is 16.1. The highest BCUT2D eigenvalue weighted by Gasteiger charge is 2.34. The van der Waals surface area contributed by atoms with Gasteiger partial charge in [-0.25, -0.2) is 18.7 Å². The molecule has 7 rings (SSSR count). The number of aryl methyl sites for hydroxylation is 1. The number of nitrogens with zero attached hydrogens (tertiary/aromatic N) is 6. The lowest BCUT2D eigenvalue weighted by Gasteiger charge is -2.37. The van der Waals surface area contributed by atoms with Gasteiger partial charge in [-0.2, -0.15) is 5.10 Å². The van der Waals surface area contributed by atoms with Gasteiger partial charge < -0.3 is 18.9 Å². The van der Waals surface area contributed by atoms with E-state index in [-0.39, 0.29) is 42.5 Å². The third-order valence-electron chi connectivity index (χ3n) is 8.84. The Morgan fingerprint density at radius 2 is 1.91 bits per heavy atom. The monoisotopic (exact) mass is 654 g/mol. The van der Waals surface area contributed by atoms with Crippen LogP contribution in [0.15, 0.2) is 66.8 Å². The molecule has 0 radical (unpaired) electrons. The predicted octanol–water partition coefficient (Wildman–Crippen LogP) is 7.16. The highest BCUT2D eigenvalue weighted by Crippen LogP contribution is 2.47. The molecule has 4 aromatic heterocycles. The minimum absolute atomic E-state index is 0.0358. The van der Waals surface area contributed by atoms with Crippen LogP contribution in [0.5, 0.6) is 5.75 Å². The normalized spacial score (nSPS) is 16.2. The molecule has 0 spiro atoms. The second-order valence-electron chi connectivity index (χ2n) is 11.6. The van der Waals surface area contributed by atoms with Gasteiger partial charge in [-0.3, -0.25) is 9.48 Å². The van der Waals surface area contributed by atoms with Crippen molar-refractivity contribution in [1.29, 1.82) is 0 Å². The summed E-state index contributed by atoms with van der Waals surface area (Å²) in [5.41, 5.74) is 5.51. The molecule has 0 bridgehead atoms. The quantitative estimate of drug-likeness (QED) is 0.128. The molecule has 1 amide bonds. The Kier molecular flexibility index (Phi) is 7.85. The summed E-state index contributed by atoms with van der Waals surface area (Å²) in [5.74, 6) is -1.68. The second-order valence-corrected chi connectivity index (χ2v) is 12.5. The summed E-state index contributed by atoms with van der Waals surface area (Å²) < 4.78 is 46.4. The van der Waals surface area contributed by atoms with Crippen LogP contribution in [-0.2, 0) is 23.1 Å². The van der Waals surface area contributed by atoms with Crippen molar-refractivity contribution < 1.29 is 23.0 Å². The summed E-state index contributed by atoms with van der Waals surface area (Å²) >= 11 is 1.43. The van der Waals surface area contributed by atoms with Gasteiger partial charge in [-0.05, 0) is 49.6 Å². The molecule has 5 heterocycles. The topological polar surface area (TPSA) is 87.3 Å². The summed E-state index contributed by atoms with van der Waals surface area (Å²) in [6.45, 7) is 8.28. The van der Waals surface area contributed by atoms with Gasteiger partial charge in [0.25, 0.3) is 0 Å². The molecule has 1 aliphatic heterocycles. The van der Waals surface area contributed by atoms with E-state index in [9.17, 15) is 9.18 Å². The van der Waals surface area contributed by atoms with Crippen molar-refractivity contribution in [3.63, 3.8) is 0 Å². The fourth-order valence-corrected chi connectivity index (χ4v) is 7.23. The smallest absolute Gasteiger partial charge is 0.246 e. The minimum atomic E-state index is -0.786. The number of carbonyl (C=O) groups is 1. The number of pyridine rings is 1. The molecule has 0 saturated carbocycles. The van der Waals surface area contributed by atoms with Crippen LogP contribution < -0.4 is 4.74 Å². The van der Waals surface area contributed by atoms with Crippen molar-refractivity contribution >= 4 is 38.4 Å². The fourth-order valence-electron chi connectivity index (χ4n) is 6.29. The van der Waals surface area contributed by atoms with Crippen molar-refractivity contribution in [2.24, 2.45) is 7.05 Å². The molecule has 12 heteroatoms. The van der Waals surface area contributed by atoms with Crippen LogP contribution in [0, 0.1) is 11.6 Å². The van der Waals surface area contributed by atoms with Gasteiger partial charge in [0.1, 0.15) is 35.4 Å². The summed E-state index contributed by atoms with van der Waals surface area (Å²) in [7, 11) is 3.47. The molecule has 2 atom stereocenters. The van der Waals surface area contributed by atoms with Crippen LogP contribution in [-0.4, -0.2) is 61.5 Å². The highest BCUT2D eigenvalue weighted by molar-refractivity contribution is 7.18. The number of ether oxygens (including phenoxy) is 2. The van der Waals surface area contributed by atoms with Gasteiger partial charge in [0.05, 0.1) is 59.5 Å². The molecule has 6 aromatic rings. The largest absolute Gasteiger partial charge is 0.490 e. The Balaban J connectivity index is 1.51. The van der Waals surface area contributed by atoms with Gasteiger partial charge in [-0.1, -0.05) is 12.6 Å². The number of aromatic nitrogens is 5. The Bertz CT molecular complexity index is 2190. The SMILES string of the molecule is C=CC(=O)N1Cc2cc(-c3nc(-c4ccc5c(c4)ncn5C)c4ccsc4c3-c3c(F)cc(F)cc3OCCOC)nn2[C@H](C)[C@@H]1C. The third kappa shape index (κ3) is 5.17. The molecule has 0 saturated heterocycles.